The third kappa shape index (κ3) is 4.06. The van der Waals surface area contributed by atoms with Crippen LogP contribution in [-0.4, -0.2) is 40.1 Å². The molecule has 1 aliphatic rings. The van der Waals surface area contributed by atoms with Crippen molar-refractivity contribution in [3.63, 3.8) is 0 Å². The van der Waals surface area contributed by atoms with Crippen LogP contribution in [-0.2, 0) is 10.0 Å². The second kappa shape index (κ2) is 7.34. The first-order valence-corrected chi connectivity index (χ1v) is 10.6. The van der Waals surface area contributed by atoms with Crippen LogP contribution in [0.5, 0.6) is 0 Å². The largest absolute Gasteiger partial charge is 0.367 e. The number of aromatic nitrogens is 4. The zero-order valence-corrected chi connectivity index (χ0v) is 15.9. The summed E-state index contributed by atoms with van der Waals surface area (Å²) >= 11 is 0. The molecule has 0 bridgehead atoms. The Labute approximate surface area is 162 Å². The maximum absolute atomic E-state index is 11.4. The first-order valence-electron chi connectivity index (χ1n) is 9.01. The minimum absolute atomic E-state index is 0.0524. The Bertz CT molecular complexity index is 1070. The molecular formula is C17H22N8O2S. The van der Waals surface area contributed by atoms with E-state index < -0.39 is 10.0 Å². The summed E-state index contributed by atoms with van der Waals surface area (Å²) in [7, 11) is -3.73. The lowest BCUT2D eigenvalue weighted by atomic mass is 9.92. The van der Waals surface area contributed by atoms with E-state index in [0.717, 1.165) is 25.7 Å². The third-order valence-corrected chi connectivity index (χ3v) is 5.76. The number of primary sulfonamides is 1. The fourth-order valence-corrected chi connectivity index (χ4v) is 3.84. The molecule has 0 radical (unpaired) electrons. The predicted octanol–water partition coefficient (Wildman–Crippen LogP) is 1.20. The van der Waals surface area contributed by atoms with Crippen molar-refractivity contribution in [2.45, 2.75) is 42.7 Å². The van der Waals surface area contributed by atoms with E-state index in [2.05, 4.69) is 25.7 Å². The number of nitrogens with two attached hydrogens (primary N) is 2. The van der Waals surface area contributed by atoms with Gasteiger partial charge in [-0.15, -0.1) is 0 Å². The molecule has 1 aromatic carbocycles. The van der Waals surface area contributed by atoms with Gasteiger partial charge in [0.1, 0.15) is 18.0 Å². The smallest absolute Gasteiger partial charge is 0.256 e. The fraction of sp³-hybridized carbons (Fsp3) is 0.353. The van der Waals surface area contributed by atoms with Crippen molar-refractivity contribution in [1.82, 2.24) is 19.6 Å². The molecule has 28 heavy (non-hydrogen) atoms. The van der Waals surface area contributed by atoms with Crippen molar-refractivity contribution in [3.8, 4) is 0 Å². The summed E-state index contributed by atoms with van der Waals surface area (Å²) in [6, 6.07) is 8.62. The number of rotatable bonds is 5. The van der Waals surface area contributed by atoms with E-state index in [4.69, 9.17) is 10.9 Å². The van der Waals surface area contributed by atoms with Gasteiger partial charge < -0.3 is 16.4 Å². The molecule has 1 aliphatic carbocycles. The monoisotopic (exact) mass is 402 g/mol. The van der Waals surface area contributed by atoms with Crippen molar-refractivity contribution >= 4 is 33.1 Å². The molecule has 0 spiro atoms. The Kier molecular flexibility index (Phi) is 4.87. The fourth-order valence-electron chi connectivity index (χ4n) is 3.32. The Hall–Kier alpha value is -2.76. The number of hydrogen-bond donors (Lipinski definition) is 4. The second-order valence-electron chi connectivity index (χ2n) is 6.95. The second-order valence-corrected chi connectivity index (χ2v) is 8.51. The minimum atomic E-state index is -3.73. The van der Waals surface area contributed by atoms with Gasteiger partial charge in [0.2, 0.25) is 10.0 Å². The first kappa shape index (κ1) is 18.6. The van der Waals surface area contributed by atoms with Crippen molar-refractivity contribution in [1.29, 1.82) is 0 Å². The molecule has 4 rings (SSSR count). The molecule has 2 heterocycles. The summed E-state index contributed by atoms with van der Waals surface area (Å²) in [5.74, 6) is 1.81. The van der Waals surface area contributed by atoms with E-state index in [0.29, 0.717) is 29.1 Å². The van der Waals surface area contributed by atoms with Gasteiger partial charge in [0.25, 0.3) is 5.78 Å². The van der Waals surface area contributed by atoms with Gasteiger partial charge in [-0.2, -0.15) is 19.6 Å². The molecular weight excluding hydrogens is 380 g/mol. The predicted molar refractivity (Wildman–Crippen MR) is 106 cm³/mol. The van der Waals surface area contributed by atoms with Gasteiger partial charge in [0, 0.05) is 23.8 Å². The summed E-state index contributed by atoms with van der Waals surface area (Å²) in [5, 5.41) is 16.0. The molecule has 1 fully saturated rings. The lowest BCUT2D eigenvalue weighted by Gasteiger charge is -2.27. The van der Waals surface area contributed by atoms with E-state index in [-0.39, 0.29) is 10.9 Å². The van der Waals surface area contributed by atoms with Gasteiger partial charge in [-0.05, 0) is 49.9 Å². The highest BCUT2D eigenvalue weighted by atomic mass is 32.2. The molecule has 0 aliphatic heterocycles. The van der Waals surface area contributed by atoms with Crippen molar-refractivity contribution in [2.24, 2.45) is 10.9 Å². The van der Waals surface area contributed by atoms with E-state index in [1.807, 2.05) is 6.07 Å². The molecule has 2 aromatic heterocycles. The Morgan fingerprint density at radius 2 is 1.82 bits per heavy atom. The van der Waals surface area contributed by atoms with Crippen molar-refractivity contribution in [3.05, 3.63) is 36.7 Å². The van der Waals surface area contributed by atoms with Crippen LogP contribution in [0.15, 0.2) is 41.6 Å². The molecule has 10 nitrogen and oxygen atoms in total. The van der Waals surface area contributed by atoms with Crippen LogP contribution < -0.4 is 21.5 Å². The quantitative estimate of drug-likeness (QED) is 0.496. The number of sulfonamides is 1. The number of anilines is 3. The Morgan fingerprint density at radius 1 is 1.11 bits per heavy atom. The average molecular weight is 402 g/mol. The highest BCUT2D eigenvalue weighted by molar-refractivity contribution is 7.89. The number of hydrogen-bond acceptors (Lipinski definition) is 8. The van der Waals surface area contributed by atoms with Crippen molar-refractivity contribution < 1.29 is 8.42 Å². The maximum Gasteiger partial charge on any atom is 0.256 e. The summed E-state index contributed by atoms with van der Waals surface area (Å²) in [6.07, 6.45) is 5.41. The summed E-state index contributed by atoms with van der Waals surface area (Å²) in [6.45, 7) is 0. The molecule has 3 aromatic rings. The zero-order valence-electron chi connectivity index (χ0n) is 15.1. The van der Waals surface area contributed by atoms with Crippen molar-refractivity contribution in [2.75, 3.05) is 10.6 Å². The van der Waals surface area contributed by atoms with Crippen LogP contribution in [0, 0.1) is 0 Å². The minimum Gasteiger partial charge on any atom is -0.367 e. The molecule has 1 saturated carbocycles. The van der Waals surface area contributed by atoms with Gasteiger partial charge in [-0.25, -0.2) is 13.6 Å². The maximum atomic E-state index is 11.4. The van der Waals surface area contributed by atoms with Gasteiger partial charge >= 0.3 is 0 Å². The highest BCUT2D eigenvalue weighted by Crippen LogP contribution is 2.24. The Balaban J connectivity index is 1.58. The molecule has 0 saturated heterocycles. The van der Waals surface area contributed by atoms with Gasteiger partial charge in [-0.1, -0.05) is 0 Å². The highest BCUT2D eigenvalue weighted by Gasteiger charge is 2.19. The average Bonchev–Trinajstić information content (AvgIpc) is 3.12. The van der Waals surface area contributed by atoms with E-state index >= 15 is 0 Å². The summed E-state index contributed by atoms with van der Waals surface area (Å²) in [5.41, 5.74) is 6.66. The van der Waals surface area contributed by atoms with Crippen LogP contribution in [0.3, 0.4) is 0 Å². The molecule has 0 unspecified atom stereocenters. The zero-order chi connectivity index (χ0) is 19.7. The molecule has 0 atom stereocenters. The van der Waals surface area contributed by atoms with Gasteiger partial charge in [0.15, 0.2) is 0 Å². The lowest BCUT2D eigenvalue weighted by molar-refractivity contribution is 0.410. The molecule has 148 valence electrons. The van der Waals surface area contributed by atoms with Crippen LogP contribution in [0.25, 0.3) is 5.78 Å². The van der Waals surface area contributed by atoms with E-state index in [1.54, 1.807) is 16.6 Å². The van der Waals surface area contributed by atoms with Crippen LogP contribution in [0.2, 0.25) is 0 Å². The standard InChI is InChI=1S/C17H22N8O2S/c18-11-1-3-12(4-2-11)22-15-9-16(25-17(24-15)20-10-21-25)23-13-5-7-14(8-6-13)28(19,26)27/h5-12,23H,1-4,18H2,(H2,19,26,27)(H,20,21,22,24)/t11-,12-. The number of benzene rings is 1. The van der Waals surface area contributed by atoms with Gasteiger partial charge in [0.05, 0.1) is 4.90 Å². The topological polar surface area (TPSA) is 153 Å². The van der Waals surface area contributed by atoms with Crippen LogP contribution in [0.1, 0.15) is 25.7 Å². The number of fused-ring (bicyclic) bond motifs is 1. The van der Waals surface area contributed by atoms with E-state index in [9.17, 15) is 8.42 Å². The number of nitrogens with one attached hydrogen (secondary N) is 2. The first-order chi connectivity index (χ1) is 13.4. The van der Waals surface area contributed by atoms with Crippen LogP contribution >= 0.6 is 0 Å². The Morgan fingerprint density at radius 3 is 2.50 bits per heavy atom. The SMILES string of the molecule is NS(=O)(=O)c1ccc(Nc2cc(N[C@H]3CC[C@H](N)CC3)nc3ncnn23)cc1. The normalized spacial score (nSPS) is 20.2. The van der Waals surface area contributed by atoms with Gasteiger partial charge in [-0.3, -0.25) is 0 Å². The van der Waals surface area contributed by atoms with E-state index in [1.165, 1.54) is 18.5 Å². The summed E-state index contributed by atoms with van der Waals surface area (Å²) in [4.78, 5) is 8.74. The molecule has 6 N–H and O–H groups in total. The third-order valence-electron chi connectivity index (χ3n) is 4.83. The summed E-state index contributed by atoms with van der Waals surface area (Å²) < 4.78 is 24.4. The lowest BCUT2D eigenvalue weighted by Crippen LogP contribution is -2.33. The molecule has 0 amide bonds. The number of nitrogens with zero attached hydrogens (tertiary/aromatic N) is 4. The van der Waals surface area contributed by atoms with Crippen LogP contribution in [0.4, 0.5) is 17.3 Å². The molecule has 11 heteroatoms.